The van der Waals surface area contributed by atoms with Crippen LogP contribution in [0.1, 0.15) is 50.0 Å². The molecule has 0 N–H and O–H groups in total. The number of carbonyl (C=O) groups is 1. The lowest BCUT2D eigenvalue weighted by Crippen LogP contribution is -2.36. The maximum Gasteiger partial charge on any atom is 0.266 e. The number of nitrogens with zero attached hydrogens (tertiary/aromatic N) is 3. The van der Waals surface area contributed by atoms with E-state index in [2.05, 4.69) is 4.98 Å². The number of hydrogen-bond donors (Lipinski definition) is 0. The minimum absolute atomic E-state index is 0.106. The molecule has 2 aromatic rings. The highest BCUT2D eigenvalue weighted by molar-refractivity contribution is 8.26. The van der Waals surface area contributed by atoms with E-state index in [1.165, 1.54) is 17.8 Å². The van der Waals surface area contributed by atoms with Crippen LogP contribution in [0, 0.1) is 6.92 Å². The smallest absolute Gasteiger partial charge is 0.266 e. The molecule has 3 heterocycles. The van der Waals surface area contributed by atoms with Crippen LogP contribution in [-0.4, -0.2) is 47.7 Å². The van der Waals surface area contributed by atoms with Gasteiger partial charge in [-0.25, -0.2) is 8.42 Å². The van der Waals surface area contributed by atoms with Crippen LogP contribution < -0.4 is 4.90 Å². The number of benzene rings is 1. The summed E-state index contributed by atoms with van der Waals surface area (Å²) in [5, 5.41) is -0.106. The molecule has 0 bridgehead atoms. The zero-order valence-corrected chi connectivity index (χ0v) is 20.8. The molecule has 1 amide bonds. The molecule has 7 nitrogen and oxygen atoms in total. The van der Waals surface area contributed by atoms with Gasteiger partial charge in [-0.3, -0.25) is 9.69 Å². The summed E-state index contributed by atoms with van der Waals surface area (Å²) in [5.41, 5.74) is 0.971. The van der Waals surface area contributed by atoms with Crippen LogP contribution in [0.25, 0.3) is 6.08 Å². The number of amides is 1. The Balaban J connectivity index is 1.52. The summed E-state index contributed by atoms with van der Waals surface area (Å²) in [4.78, 5) is 21.6. The molecule has 0 spiro atoms. The second-order valence-corrected chi connectivity index (χ2v) is 12.2. The van der Waals surface area contributed by atoms with Gasteiger partial charge in [0.2, 0.25) is 26.6 Å². The van der Waals surface area contributed by atoms with Crippen molar-refractivity contribution in [3.05, 3.63) is 40.6 Å². The van der Waals surface area contributed by atoms with Crippen molar-refractivity contribution in [3.8, 4) is 0 Å². The molecular weight excluding hydrogens is 478 g/mol. The molecule has 0 unspecified atom stereocenters. The summed E-state index contributed by atoms with van der Waals surface area (Å²) in [6.45, 7) is 3.31. The molecule has 3 fully saturated rings. The minimum Gasteiger partial charge on any atom is -0.420 e. The topological polar surface area (TPSA) is 83.7 Å². The van der Waals surface area contributed by atoms with Gasteiger partial charge in [0.1, 0.15) is 4.32 Å². The molecular formula is C23H25N3O4S3. The van der Waals surface area contributed by atoms with Gasteiger partial charge in [0.25, 0.3) is 5.91 Å². The highest BCUT2D eigenvalue weighted by atomic mass is 32.2. The first-order valence-electron chi connectivity index (χ1n) is 11.2. The zero-order valence-electron chi connectivity index (χ0n) is 18.3. The second kappa shape index (κ2) is 8.88. The number of anilines is 1. The molecule has 10 heteroatoms. The summed E-state index contributed by atoms with van der Waals surface area (Å²) >= 11 is 6.69. The average molecular weight is 504 g/mol. The summed E-state index contributed by atoms with van der Waals surface area (Å²) in [6, 6.07) is 6.83. The molecule has 174 valence electrons. The molecule has 3 aliphatic rings. The highest BCUT2D eigenvalue weighted by Crippen LogP contribution is 2.39. The molecule has 0 atom stereocenters. The van der Waals surface area contributed by atoms with E-state index in [0.717, 1.165) is 44.1 Å². The quantitative estimate of drug-likeness (QED) is 0.434. The van der Waals surface area contributed by atoms with Crippen LogP contribution >= 0.6 is 24.0 Å². The van der Waals surface area contributed by atoms with Crippen molar-refractivity contribution in [3.63, 3.8) is 0 Å². The van der Waals surface area contributed by atoms with Gasteiger partial charge in [-0.2, -0.15) is 4.98 Å². The fraction of sp³-hybridized carbons (Fsp3) is 0.435. The second-order valence-electron chi connectivity index (χ2n) is 8.66. The van der Waals surface area contributed by atoms with Gasteiger partial charge < -0.3 is 9.32 Å². The van der Waals surface area contributed by atoms with E-state index in [1.807, 2.05) is 11.8 Å². The number of aryl methyl sites for hydroxylation is 1. The Labute approximate surface area is 203 Å². The Bertz CT molecular complexity index is 1220. The molecule has 2 aliphatic heterocycles. The first-order chi connectivity index (χ1) is 15.8. The third-order valence-electron chi connectivity index (χ3n) is 6.34. The molecule has 33 heavy (non-hydrogen) atoms. The van der Waals surface area contributed by atoms with Crippen LogP contribution in [0.3, 0.4) is 0 Å². The van der Waals surface area contributed by atoms with Gasteiger partial charge in [0.15, 0.2) is 0 Å². The van der Waals surface area contributed by atoms with Crippen molar-refractivity contribution in [1.29, 1.82) is 0 Å². The van der Waals surface area contributed by atoms with E-state index in [9.17, 15) is 13.2 Å². The van der Waals surface area contributed by atoms with Crippen LogP contribution in [0.5, 0.6) is 0 Å². The Hall–Kier alpha value is -2.17. The SMILES string of the molecule is Cc1ccc(S(=O)(=O)c2nc(C=C3SC(=S)N(C4CCCC4)C3=O)oc2N2CCCC2)cc1. The molecule has 1 aromatic carbocycles. The maximum atomic E-state index is 13.4. The van der Waals surface area contributed by atoms with Crippen molar-refractivity contribution in [2.24, 2.45) is 0 Å². The van der Waals surface area contributed by atoms with Crippen molar-refractivity contribution in [2.45, 2.75) is 61.4 Å². The fourth-order valence-electron chi connectivity index (χ4n) is 4.57. The first-order valence-corrected chi connectivity index (χ1v) is 13.9. The summed E-state index contributed by atoms with van der Waals surface area (Å²) in [5.74, 6) is 0.195. The Morgan fingerprint density at radius 2 is 1.79 bits per heavy atom. The molecule has 0 radical (unpaired) electrons. The average Bonchev–Trinajstić information content (AvgIpc) is 3.57. The zero-order chi connectivity index (χ0) is 23.2. The normalized spacial score (nSPS) is 21.2. The van der Waals surface area contributed by atoms with Crippen LogP contribution in [0.2, 0.25) is 0 Å². The predicted molar refractivity (Wildman–Crippen MR) is 132 cm³/mol. The van der Waals surface area contributed by atoms with E-state index in [4.69, 9.17) is 16.6 Å². The maximum absolute atomic E-state index is 13.4. The van der Waals surface area contributed by atoms with E-state index in [1.54, 1.807) is 29.2 Å². The van der Waals surface area contributed by atoms with Gasteiger partial charge in [-0.05, 0) is 44.7 Å². The van der Waals surface area contributed by atoms with Crippen molar-refractivity contribution >= 4 is 56.0 Å². The summed E-state index contributed by atoms with van der Waals surface area (Å²) in [7, 11) is -3.89. The first kappa shape index (κ1) is 22.6. The number of thioether (sulfide) groups is 1. The van der Waals surface area contributed by atoms with Gasteiger partial charge >= 0.3 is 0 Å². The number of thiocarbonyl (C=S) groups is 1. The lowest BCUT2D eigenvalue weighted by molar-refractivity contribution is -0.123. The van der Waals surface area contributed by atoms with Crippen molar-refractivity contribution in [1.82, 2.24) is 9.88 Å². The third kappa shape index (κ3) is 4.24. The highest BCUT2D eigenvalue weighted by Gasteiger charge is 2.39. The Morgan fingerprint density at radius 1 is 1.12 bits per heavy atom. The molecule has 5 rings (SSSR count). The number of rotatable bonds is 5. The number of oxazole rings is 1. The number of aromatic nitrogens is 1. The van der Waals surface area contributed by atoms with Gasteiger partial charge in [-0.15, -0.1) is 0 Å². The number of carbonyl (C=O) groups excluding carboxylic acids is 1. The Kier molecular flexibility index (Phi) is 6.09. The third-order valence-corrected chi connectivity index (χ3v) is 9.34. The Morgan fingerprint density at radius 3 is 2.45 bits per heavy atom. The lowest BCUT2D eigenvalue weighted by Gasteiger charge is -2.21. The van der Waals surface area contributed by atoms with Gasteiger partial charge in [0, 0.05) is 25.2 Å². The van der Waals surface area contributed by atoms with Crippen LogP contribution in [0.4, 0.5) is 5.88 Å². The monoisotopic (exact) mass is 503 g/mol. The van der Waals surface area contributed by atoms with Crippen molar-refractivity contribution < 1.29 is 17.6 Å². The predicted octanol–water partition coefficient (Wildman–Crippen LogP) is 4.56. The largest absolute Gasteiger partial charge is 0.420 e. The number of hydrogen-bond acceptors (Lipinski definition) is 8. The van der Waals surface area contributed by atoms with E-state index < -0.39 is 9.84 Å². The molecule has 2 saturated heterocycles. The molecule has 1 aliphatic carbocycles. The summed E-state index contributed by atoms with van der Waals surface area (Å²) in [6.07, 6.45) is 7.55. The minimum atomic E-state index is -3.89. The van der Waals surface area contributed by atoms with E-state index in [-0.39, 0.29) is 33.6 Å². The van der Waals surface area contributed by atoms with E-state index >= 15 is 0 Å². The lowest BCUT2D eigenvalue weighted by atomic mass is 10.2. The van der Waals surface area contributed by atoms with Crippen molar-refractivity contribution in [2.75, 3.05) is 18.0 Å². The van der Waals surface area contributed by atoms with Crippen LogP contribution in [-0.2, 0) is 14.6 Å². The molecule has 1 saturated carbocycles. The van der Waals surface area contributed by atoms with Crippen LogP contribution in [0.15, 0.2) is 43.5 Å². The van der Waals surface area contributed by atoms with Gasteiger partial charge in [-0.1, -0.05) is 54.5 Å². The van der Waals surface area contributed by atoms with Gasteiger partial charge in [0.05, 0.1) is 9.80 Å². The van der Waals surface area contributed by atoms with E-state index in [0.29, 0.717) is 22.3 Å². The standard InChI is InChI=1S/C23H25N3O4S3/c1-15-8-10-17(11-9-15)33(28,29)20-22(25-12-4-5-13-25)30-19(24-20)14-18-21(27)26(23(31)32-18)16-6-2-3-7-16/h8-11,14,16H,2-7,12-13H2,1H3. The number of sulfone groups is 1. The molecule has 1 aromatic heterocycles. The summed E-state index contributed by atoms with van der Waals surface area (Å²) < 4.78 is 33.4. The fourth-order valence-corrected chi connectivity index (χ4v) is 7.26.